The lowest BCUT2D eigenvalue weighted by molar-refractivity contribution is -0.132. The van der Waals surface area contributed by atoms with Gasteiger partial charge in [-0.25, -0.2) is 14.6 Å². The minimum absolute atomic E-state index is 0.0532. The number of nitrogens with one attached hydrogen (secondary N) is 2. The SMILES string of the molecule is COc1cc(CC(=O)N2C[C@@H](Oc3ccc4ccccc4c3)C[C@H]2COc2ccc(C(=O)O)cn2)ccc1NC(=O)Nc1ccccc1C. The lowest BCUT2D eigenvalue weighted by Gasteiger charge is -2.24. The number of anilines is 2. The second-order valence-corrected chi connectivity index (χ2v) is 11.8. The molecule has 11 heteroatoms. The maximum absolute atomic E-state index is 13.8. The molecule has 6 rings (SSSR count). The molecule has 4 aromatic carbocycles. The van der Waals surface area contributed by atoms with Gasteiger partial charge in [-0.1, -0.05) is 54.6 Å². The summed E-state index contributed by atoms with van der Waals surface area (Å²) in [5.41, 5.74) is 2.85. The first-order valence-corrected chi connectivity index (χ1v) is 15.8. The quantitative estimate of drug-likeness (QED) is 0.145. The molecule has 49 heavy (non-hydrogen) atoms. The summed E-state index contributed by atoms with van der Waals surface area (Å²) in [6.07, 6.45) is 1.55. The van der Waals surface area contributed by atoms with Gasteiger partial charge in [-0.05, 0) is 65.2 Å². The Kier molecular flexibility index (Phi) is 9.89. The third-order valence-electron chi connectivity index (χ3n) is 8.39. The third kappa shape index (κ3) is 8.07. The van der Waals surface area contributed by atoms with Crippen molar-refractivity contribution in [3.8, 4) is 17.4 Å². The molecule has 0 aliphatic carbocycles. The van der Waals surface area contributed by atoms with Gasteiger partial charge in [-0.2, -0.15) is 0 Å². The fourth-order valence-corrected chi connectivity index (χ4v) is 5.84. The summed E-state index contributed by atoms with van der Waals surface area (Å²) in [6.45, 7) is 2.40. The van der Waals surface area contributed by atoms with Crippen LogP contribution in [0, 0.1) is 6.92 Å². The summed E-state index contributed by atoms with van der Waals surface area (Å²) in [7, 11) is 1.50. The van der Waals surface area contributed by atoms with E-state index in [1.54, 1.807) is 23.1 Å². The zero-order chi connectivity index (χ0) is 34.3. The van der Waals surface area contributed by atoms with Crippen LogP contribution >= 0.6 is 0 Å². The fourth-order valence-electron chi connectivity index (χ4n) is 5.84. The van der Waals surface area contributed by atoms with E-state index in [0.29, 0.717) is 41.4 Å². The number of fused-ring (bicyclic) bond motifs is 1. The van der Waals surface area contributed by atoms with Gasteiger partial charge < -0.3 is 34.9 Å². The zero-order valence-electron chi connectivity index (χ0n) is 27.1. The monoisotopic (exact) mass is 660 g/mol. The minimum atomic E-state index is -1.08. The Morgan fingerprint density at radius 3 is 2.43 bits per heavy atom. The Balaban J connectivity index is 1.15. The van der Waals surface area contributed by atoms with Crippen molar-refractivity contribution in [2.75, 3.05) is 30.9 Å². The van der Waals surface area contributed by atoms with Crippen molar-refractivity contribution >= 4 is 40.1 Å². The molecule has 5 aromatic rings. The summed E-state index contributed by atoms with van der Waals surface area (Å²) >= 11 is 0. The summed E-state index contributed by atoms with van der Waals surface area (Å²) in [6, 6.07) is 28.8. The molecule has 0 spiro atoms. The average Bonchev–Trinajstić information content (AvgIpc) is 3.51. The molecular weight excluding hydrogens is 624 g/mol. The number of aromatic carboxylic acids is 1. The van der Waals surface area contributed by atoms with Crippen LogP contribution in [0.1, 0.15) is 27.9 Å². The van der Waals surface area contributed by atoms with Crippen molar-refractivity contribution in [1.29, 1.82) is 0 Å². The van der Waals surface area contributed by atoms with E-state index >= 15 is 0 Å². The molecule has 0 unspecified atom stereocenters. The molecule has 0 radical (unpaired) electrons. The Hall–Kier alpha value is -6.10. The van der Waals surface area contributed by atoms with Crippen LogP contribution in [0.25, 0.3) is 10.8 Å². The van der Waals surface area contributed by atoms with Crippen molar-refractivity contribution in [3.05, 3.63) is 120 Å². The number of likely N-dealkylation sites (tertiary alicyclic amines) is 1. The Morgan fingerprint density at radius 2 is 1.67 bits per heavy atom. The lowest BCUT2D eigenvalue weighted by atomic mass is 10.1. The van der Waals surface area contributed by atoms with Crippen molar-refractivity contribution in [2.24, 2.45) is 0 Å². The second kappa shape index (κ2) is 14.8. The summed E-state index contributed by atoms with van der Waals surface area (Å²) in [4.78, 5) is 43.6. The number of pyridine rings is 1. The molecule has 1 fully saturated rings. The number of carboxylic acids is 1. The highest BCUT2D eigenvalue weighted by atomic mass is 16.5. The number of ether oxygens (including phenoxy) is 3. The third-order valence-corrected chi connectivity index (χ3v) is 8.39. The normalized spacial score (nSPS) is 15.4. The van der Waals surface area contributed by atoms with Crippen LogP contribution in [0.2, 0.25) is 0 Å². The molecule has 11 nitrogen and oxygen atoms in total. The molecule has 0 bridgehead atoms. The predicted molar refractivity (Wildman–Crippen MR) is 186 cm³/mol. The van der Waals surface area contributed by atoms with Gasteiger partial charge >= 0.3 is 12.0 Å². The number of amides is 3. The van der Waals surface area contributed by atoms with Gasteiger partial charge in [0.15, 0.2) is 0 Å². The van der Waals surface area contributed by atoms with E-state index < -0.39 is 12.0 Å². The van der Waals surface area contributed by atoms with Gasteiger partial charge in [-0.15, -0.1) is 0 Å². The first-order valence-electron chi connectivity index (χ1n) is 15.8. The molecule has 0 saturated carbocycles. The summed E-state index contributed by atoms with van der Waals surface area (Å²) < 4.78 is 17.9. The molecule has 1 aromatic heterocycles. The van der Waals surface area contributed by atoms with Crippen LogP contribution in [0.4, 0.5) is 16.2 Å². The lowest BCUT2D eigenvalue weighted by Crippen LogP contribution is -2.40. The van der Waals surface area contributed by atoms with Crippen LogP contribution in [0.5, 0.6) is 17.4 Å². The predicted octanol–water partition coefficient (Wildman–Crippen LogP) is 6.56. The molecule has 2 atom stereocenters. The highest BCUT2D eigenvalue weighted by Gasteiger charge is 2.37. The smallest absolute Gasteiger partial charge is 0.337 e. The van der Waals surface area contributed by atoms with Gasteiger partial charge in [0.25, 0.3) is 0 Å². The van der Waals surface area contributed by atoms with Crippen molar-refractivity contribution in [1.82, 2.24) is 9.88 Å². The largest absolute Gasteiger partial charge is 0.495 e. The second-order valence-electron chi connectivity index (χ2n) is 11.8. The number of methoxy groups -OCH3 is 1. The van der Waals surface area contributed by atoms with E-state index in [-0.39, 0.29) is 42.5 Å². The number of urea groups is 1. The van der Waals surface area contributed by atoms with E-state index in [1.807, 2.05) is 73.7 Å². The molecule has 250 valence electrons. The summed E-state index contributed by atoms with van der Waals surface area (Å²) in [5, 5.41) is 17.0. The first-order chi connectivity index (χ1) is 23.7. The Labute approximate surface area is 283 Å². The van der Waals surface area contributed by atoms with E-state index in [2.05, 4.69) is 15.6 Å². The van der Waals surface area contributed by atoms with Gasteiger partial charge in [0, 0.05) is 24.4 Å². The van der Waals surface area contributed by atoms with E-state index in [4.69, 9.17) is 14.2 Å². The molecule has 2 heterocycles. The van der Waals surface area contributed by atoms with Crippen LogP contribution in [-0.4, -0.2) is 65.3 Å². The van der Waals surface area contributed by atoms with E-state index in [9.17, 15) is 19.5 Å². The van der Waals surface area contributed by atoms with Crippen molar-refractivity contribution < 1.29 is 33.7 Å². The van der Waals surface area contributed by atoms with Crippen LogP contribution < -0.4 is 24.8 Å². The number of carbonyl (C=O) groups excluding carboxylic acids is 2. The Bertz CT molecular complexity index is 1980. The number of carbonyl (C=O) groups is 3. The van der Waals surface area contributed by atoms with Crippen LogP contribution in [-0.2, 0) is 11.2 Å². The number of rotatable bonds is 11. The topological polar surface area (TPSA) is 139 Å². The van der Waals surface area contributed by atoms with Crippen LogP contribution in [0.15, 0.2) is 103 Å². The number of benzene rings is 4. The van der Waals surface area contributed by atoms with E-state index in [0.717, 1.165) is 16.3 Å². The fraction of sp³-hybridized carbons (Fsp3) is 0.211. The van der Waals surface area contributed by atoms with E-state index in [1.165, 1.54) is 25.4 Å². The van der Waals surface area contributed by atoms with Crippen molar-refractivity contribution in [2.45, 2.75) is 31.9 Å². The number of carboxylic acid groups (broad SMARTS) is 1. The zero-order valence-corrected chi connectivity index (χ0v) is 27.1. The highest BCUT2D eigenvalue weighted by Crippen LogP contribution is 2.30. The molecule has 1 saturated heterocycles. The first kappa shape index (κ1) is 32.8. The Morgan fingerprint density at radius 1 is 0.898 bits per heavy atom. The van der Waals surface area contributed by atoms with Gasteiger partial charge in [-0.3, -0.25) is 4.79 Å². The van der Waals surface area contributed by atoms with Gasteiger partial charge in [0.05, 0.1) is 37.4 Å². The summed E-state index contributed by atoms with van der Waals surface area (Å²) in [5.74, 6) is 0.178. The minimum Gasteiger partial charge on any atom is -0.495 e. The molecule has 1 aliphatic heterocycles. The highest BCUT2D eigenvalue weighted by molar-refractivity contribution is 6.01. The molecule has 1 aliphatic rings. The number of nitrogens with zero attached hydrogens (tertiary/aromatic N) is 2. The number of aryl methyl sites for hydroxylation is 1. The number of para-hydroxylation sites is 1. The average molecular weight is 661 g/mol. The number of hydrogen-bond acceptors (Lipinski definition) is 7. The molecule has 3 N–H and O–H groups in total. The number of hydrogen-bond donors (Lipinski definition) is 3. The van der Waals surface area contributed by atoms with Crippen LogP contribution in [0.3, 0.4) is 0 Å². The van der Waals surface area contributed by atoms with Gasteiger partial charge in [0.2, 0.25) is 11.8 Å². The van der Waals surface area contributed by atoms with Gasteiger partial charge in [0.1, 0.15) is 24.2 Å². The number of aromatic nitrogens is 1. The van der Waals surface area contributed by atoms with Crippen molar-refractivity contribution in [3.63, 3.8) is 0 Å². The maximum Gasteiger partial charge on any atom is 0.337 e. The molecular formula is C38H36N4O7. The molecule has 3 amide bonds. The maximum atomic E-state index is 13.8. The standard InChI is InChI=1S/C38H36N4O7/c1-24-7-3-6-10-32(24)40-38(46)41-33-15-11-25(17-34(33)47-2)18-36(43)42-22-31(49-30-14-12-26-8-4-5-9-27(26)19-30)20-29(42)23-48-35-16-13-28(21-39-35)37(44)45/h3-17,19,21,29,31H,18,20,22-23H2,1-2H3,(H,44,45)(H2,40,41,46)/t29-,31-/m0/s1.